The van der Waals surface area contributed by atoms with Crippen LogP contribution in [0, 0.1) is 0 Å². The van der Waals surface area contributed by atoms with E-state index in [0.717, 1.165) is 33.6 Å². The van der Waals surface area contributed by atoms with Gasteiger partial charge in [0.25, 0.3) is 0 Å². The quantitative estimate of drug-likeness (QED) is 0.226. The van der Waals surface area contributed by atoms with E-state index in [1.807, 2.05) is 54.6 Å². The monoisotopic (exact) mass is 437 g/mol. The Balaban J connectivity index is 1.48. The van der Waals surface area contributed by atoms with Crippen molar-refractivity contribution >= 4 is 12.0 Å². The number of benzene rings is 3. The minimum Gasteiger partial charge on any atom is -0.489 e. The van der Waals surface area contributed by atoms with Gasteiger partial charge in [0.05, 0.1) is 6.61 Å². The number of nitrogens with zero attached hydrogens (tertiary/aromatic N) is 1. The number of esters is 1. The SMILES string of the molecule is CCOC(=O)/C=C/c1cn(Cc2ccc(OCc3ccccc3)cc2)cc1-c1ccccc1. The molecule has 4 rings (SSSR count). The lowest BCUT2D eigenvalue weighted by molar-refractivity contribution is -0.137. The van der Waals surface area contributed by atoms with Crippen LogP contribution in [0.25, 0.3) is 17.2 Å². The van der Waals surface area contributed by atoms with Gasteiger partial charge in [-0.15, -0.1) is 0 Å². The number of rotatable bonds is 9. The topological polar surface area (TPSA) is 40.5 Å². The second kappa shape index (κ2) is 11.0. The van der Waals surface area contributed by atoms with E-state index in [2.05, 4.69) is 53.4 Å². The summed E-state index contributed by atoms with van der Waals surface area (Å²) in [7, 11) is 0. The van der Waals surface area contributed by atoms with Crippen LogP contribution in [-0.4, -0.2) is 17.1 Å². The standard InChI is InChI=1S/C29H27NO3/c1-2-32-29(31)18-15-26-20-30(21-28(26)25-11-7-4-8-12-25)19-23-13-16-27(17-14-23)33-22-24-9-5-3-6-10-24/h3-18,20-21H,2,19,22H2,1H3/b18-15+. The van der Waals surface area contributed by atoms with Gasteiger partial charge in [-0.2, -0.15) is 0 Å². The summed E-state index contributed by atoms with van der Waals surface area (Å²) in [5.41, 5.74) is 5.45. The zero-order valence-electron chi connectivity index (χ0n) is 18.7. The van der Waals surface area contributed by atoms with Crippen molar-refractivity contribution < 1.29 is 14.3 Å². The Labute approximate surface area is 194 Å². The van der Waals surface area contributed by atoms with Crippen molar-refractivity contribution in [1.82, 2.24) is 4.57 Å². The van der Waals surface area contributed by atoms with Crippen LogP contribution in [0.1, 0.15) is 23.6 Å². The molecule has 3 aromatic carbocycles. The number of hydrogen-bond acceptors (Lipinski definition) is 3. The molecule has 4 aromatic rings. The summed E-state index contributed by atoms with van der Waals surface area (Å²) in [6.07, 6.45) is 7.46. The molecular weight excluding hydrogens is 410 g/mol. The molecule has 0 N–H and O–H groups in total. The molecular formula is C29H27NO3. The van der Waals surface area contributed by atoms with E-state index in [-0.39, 0.29) is 5.97 Å². The second-order valence-corrected chi connectivity index (χ2v) is 7.67. The lowest BCUT2D eigenvalue weighted by Crippen LogP contribution is -1.98. The average molecular weight is 438 g/mol. The highest BCUT2D eigenvalue weighted by atomic mass is 16.5. The lowest BCUT2D eigenvalue weighted by Gasteiger charge is -2.08. The molecule has 4 heteroatoms. The number of ether oxygens (including phenoxy) is 2. The summed E-state index contributed by atoms with van der Waals surface area (Å²) in [4.78, 5) is 11.8. The first-order valence-electron chi connectivity index (χ1n) is 11.1. The first kappa shape index (κ1) is 22.2. The summed E-state index contributed by atoms with van der Waals surface area (Å²) in [6, 6.07) is 28.5. The predicted molar refractivity (Wildman–Crippen MR) is 132 cm³/mol. The molecule has 0 bridgehead atoms. The maximum Gasteiger partial charge on any atom is 0.330 e. The summed E-state index contributed by atoms with van der Waals surface area (Å²) >= 11 is 0. The van der Waals surface area contributed by atoms with Gasteiger partial charge in [-0.3, -0.25) is 0 Å². The van der Waals surface area contributed by atoms with Crippen LogP contribution in [0.5, 0.6) is 5.75 Å². The summed E-state index contributed by atoms with van der Waals surface area (Å²) < 4.78 is 13.1. The van der Waals surface area contributed by atoms with Crippen molar-refractivity contribution in [2.24, 2.45) is 0 Å². The normalized spacial score (nSPS) is 10.9. The highest BCUT2D eigenvalue weighted by Crippen LogP contribution is 2.27. The molecule has 0 atom stereocenters. The van der Waals surface area contributed by atoms with Gasteiger partial charge in [0, 0.05) is 36.1 Å². The van der Waals surface area contributed by atoms with E-state index in [4.69, 9.17) is 9.47 Å². The zero-order valence-corrected chi connectivity index (χ0v) is 18.7. The maximum absolute atomic E-state index is 11.8. The Bertz CT molecular complexity index is 1190. The number of carbonyl (C=O) groups excluding carboxylic acids is 1. The van der Waals surface area contributed by atoms with Crippen LogP contribution in [0.2, 0.25) is 0 Å². The van der Waals surface area contributed by atoms with Crippen molar-refractivity contribution in [2.45, 2.75) is 20.1 Å². The van der Waals surface area contributed by atoms with Gasteiger partial charge in [-0.05, 0) is 41.8 Å². The molecule has 1 heterocycles. The third-order valence-corrected chi connectivity index (χ3v) is 5.22. The highest BCUT2D eigenvalue weighted by Gasteiger charge is 2.08. The average Bonchev–Trinajstić information content (AvgIpc) is 3.26. The summed E-state index contributed by atoms with van der Waals surface area (Å²) in [6.45, 7) is 3.43. The van der Waals surface area contributed by atoms with Gasteiger partial charge in [-0.1, -0.05) is 72.8 Å². The number of carbonyl (C=O) groups is 1. The molecule has 0 saturated carbocycles. The van der Waals surface area contributed by atoms with Crippen LogP contribution < -0.4 is 4.74 Å². The molecule has 0 aliphatic rings. The van der Waals surface area contributed by atoms with Crippen molar-refractivity contribution in [1.29, 1.82) is 0 Å². The van der Waals surface area contributed by atoms with Gasteiger partial charge < -0.3 is 14.0 Å². The molecule has 0 saturated heterocycles. The van der Waals surface area contributed by atoms with E-state index in [1.54, 1.807) is 6.92 Å². The Morgan fingerprint density at radius 1 is 0.848 bits per heavy atom. The molecule has 1 aromatic heterocycles. The molecule has 33 heavy (non-hydrogen) atoms. The van der Waals surface area contributed by atoms with E-state index < -0.39 is 0 Å². The first-order valence-corrected chi connectivity index (χ1v) is 11.1. The molecule has 0 unspecified atom stereocenters. The van der Waals surface area contributed by atoms with Crippen LogP contribution in [0.4, 0.5) is 0 Å². The number of aromatic nitrogens is 1. The maximum atomic E-state index is 11.8. The van der Waals surface area contributed by atoms with Crippen LogP contribution in [0.3, 0.4) is 0 Å². The molecule has 0 aliphatic carbocycles. The molecule has 0 spiro atoms. The zero-order chi connectivity index (χ0) is 22.9. The third kappa shape index (κ3) is 6.23. The van der Waals surface area contributed by atoms with Gasteiger partial charge in [0.1, 0.15) is 12.4 Å². The fraction of sp³-hybridized carbons (Fsp3) is 0.138. The molecule has 0 radical (unpaired) electrons. The van der Waals surface area contributed by atoms with Crippen molar-refractivity contribution in [2.75, 3.05) is 6.61 Å². The second-order valence-electron chi connectivity index (χ2n) is 7.67. The van der Waals surface area contributed by atoms with E-state index in [1.165, 1.54) is 6.08 Å². The molecule has 166 valence electrons. The number of hydrogen-bond donors (Lipinski definition) is 0. The van der Waals surface area contributed by atoms with Gasteiger partial charge in [-0.25, -0.2) is 4.79 Å². The Morgan fingerprint density at radius 3 is 2.24 bits per heavy atom. The fourth-order valence-corrected chi connectivity index (χ4v) is 3.60. The lowest BCUT2D eigenvalue weighted by atomic mass is 10.0. The van der Waals surface area contributed by atoms with Crippen molar-refractivity contribution in [3.63, 3.8) is 0 Å². The Morgan fingerprint density at radius 2 is 1.55 bits per heavy atom. The molecule has 0 aliphatic heterocycles. The first-order chi connectivity index (χ1) is 16.2. The minimum atomic E-state index is -0.338. The largest absolute Gasteiger partial charge is 0.489 e. The molecule has 4 nitrogen and oxygen atoms in total. The molecule has 0 fully saturated rings. The summed E-state index contributed by atoms with van der Waals surface area (Å²) in [5.74, 6) is 0.508. The van der Waals surface area contributed by atoms with E-state index >= 15 is 0 Å². The third-order valence-electron chi connectivity index (χ3n) is 5.22. The predicted octanol–water partition coefficient (Wildman–Crippen LogP) is 6.36. The Hall–Kier alpha value is -4.05. The van der Waals surface area contributed by atoms with Gasteiger partial charge in [0.15, 0.2) is 0 Å². The van der Waals surface area contributed by atoms with Crippen LogP contribution in [-0.2, 0) is 22.7 Å². The highest BCUT2D eigenvalue weighted by molar-refractivity contribution is 5.89. The van der Waals surface area contributed by atoms with E-state index in [0.29, 0.717) is 19.8 Å². The van der Waals surface area contributed by atoms with Crippen molar-refractivity contribution in [3.05, 3.63) is 120 Å². The van der Waals surface area contributed by atoms with Gasteiger partial charge >= 0.3 is 5.97 Å². The van der Waals surface area contributed by atoms with Crippen LogP contribution in [0.15, 0.2) is 103 Å². The smallest absolute Gasteiger partial charge is 0.330 e. The van der Waals surface area contributed by atoms with E-state index in [9.17, 15) is 4.79 Å². The minimum absolute atomic E-state index is 0.338. The van der Waals surface area contributed by atoms with Crippen LogP contribution >= 0.6 is 0 Å². The summed E-state index contributed by atoms with van der Waals surface area (Å²) in [5, 5.41) is 0. The van der Waals surface area contributed by atoms with Crippen molar-refractivity contribution in [3.8, 4) is 16.9 Å². The Kier molecular flexibility index (Phi) is 7.39. The molecule has 0 amide bonds. The fourth-order valence-electron chi connectivity index (χ4n) is 3.60. The van der Waals surface area contributed by atoms with Gasteiger partial charge in [0.2, 0.25) is 0 Å².